The van der Waals surface area contributed by atoms with Gasteiger partial charge in [0.05, 0.1) is 11.8 Å². The van der Waals surface area contributed by atoms with Gasteiger partial charge in [0.25, 0.3) is 5.56 Å². The summed E-state index contributed by atoms with van der Waals surface area (Å²) in [5.74, 6) is -0.144. The molecule has 0 saturated carbocycles. The summed E-state index contributed by atoms with van der Waals surface area (Å²) in [7, 11) is 3.91. The Kier molecular flexibility index (Phi) is 3.85. The fourth-order valence-corrected chi connectivity index (χ4v) is 1.95. The number of hydrogen-bond donors (Lipinski definition) is 3. The van der Waals surface area contributed by atoms with Crippen molar-refractivity contribution in [2.75, 3.05) is 14.1 Å². The molecule has 106 valence electrons. The fourth-order valence-electron chi connectivity index (χ4n) is 1.95. The van der Waals surface area contributed by atoms with Gasteiger partial charge >= 0.3 is 0 Å². The average Bonchev–Trinajstić information content (AvgIpc) is 2.37. The topological polar surface area (TPSA) is 93.1 Å². The molecule has 1 atom stereocenters. The maximum Gasteiger partial charge on any atom is 0.262 e. The smallest absolute Gasteiger partial charge is 0.262 e. The van der Waals surface area contributed by atoms with E-state index in [-0.39, 0.29) is 22.7 Å². The molecule has 0 fully saturated rings. The van der Waals surface area contributed by atoms with Crippen molar-refractivity contribution in [2.24, 2.45) is 0 Å². The van der Waals surface area contributed by atoms with Crippen LogP contribution in [0.3, 0.4) is 0 Å². The number of hydrogen-bond acceptors (Lipinski definition) is 5. The number of aromatic hydroxyl groups is 1. The Morgan fingerprint density at radius 1 is 1.50 bits per heavy atom. The second-order valence-corrected chi connectivity index (χ2v) is 5.12. The number of fused-ring (bicyclic) bond motifs is 1. The number of nitrogens with one attached hydrogen (secondary N) is 2. The quantitative estimate of drug-likeness (QED) is 0.733. The van der Waals surface area contributed by atoms with Gasteiger partial charge in [-0.25, -0.2) is 4.98 Å². The van der Waals surface area contributed by atoms with Crippen molar-refractivity contribution in [1.29, 1.82) is 5.41 Å². The average molecular weight is 274 g/mol. The van der Waals surface area contributed by atoms with Gasteiger partial charge in [-0.3, -0.25) is 4.79 Å². The molecule has 0 unspecified atom stereocenters. The Morgan fingerprint density at radius 2 is 2.20 bits per heavy atom. The molecular weight excluding hydrogens is 256 g/mol. The number of phenolic OH excluding ortho intramolecular Hbond substituents is 1. The highest BCUT2D eigenvalue weighted by molar-refractivity contribution is 6.02. The molecule has 3 N–H and O–H groups in total. The molecule has 2 rings (SSSR count). The van der Waals surface area contributed by atoms with E-state index >= 15 is 0 Å². The maximum absolute atomic E-state index is 11.6. The van der Waals surface area contributed by atoms with Gasteiger partial charge in [-0.15, -0.1) is 0 Å². The van der Waals surface area contributed by atoms with E-state index in [9.17, 15) is 9.90 Å². The first kappa shape index (κ1) is 14.2. The molecule has 0 aliphatic heterocycles. The summed E-state index contributed by atoms with van der Waals surface area (Å²) in [4.78, 5) is 20.1. The van der Waals surface area contributed by atoms with Crippen molar-refractivity contribution >= 4 is 16.6 Å². The van der Waals surface area contributed by atoms with E-state index < -0.39 is 0 Å². The highest BCUT2D eigenvalue weighted by Gasteiger charge is 2.13. The van der Waals surface area contributed by atoms with Crippen molar-refractivity contribution in [2.45, 2.75) is 19.4 Å². The highest BCUT2D eigenvalue weighted by atomic mass is 16.3. The van der Waals surface area contributed by atoms with Gasteiger partial charge in [0, 0.05) is 23.7 Å². The zero-order chi connectivity index (χ0) is 14.9. The molecule has 1 aromatic heterocycles. The second-order valence-electron chi connectivity index (χ2n) is 5.12. The molecule has 1 aromatic carbocycles. The minimum Gasteiger partial charge on any atom is -0.507 e. The van der Waals surface area contributed by atoms with Gasteiger partial charge in [-0.1, -0.05) is 0 Å². The number of aromatic amines is 1. The molecule has 0 aliphatic rings. The Balaban J connectivity index is 2.42. The van der Waals surface area contributed by atoms with Crippen LogP contribution in [0.2, 0.25) is 0 Å². The predicted octanol–water partition coefficient (Wildman–Crippen LogP) is 1.34. The van der Waals surface area contributed by atoms with E-state index in [1.807, 2.05) is 25.9 Å². The molecular formula is C14H18N4O2. The largest absolute Gasteiger partial charge is 0.507 e. The fraction of sp³-hybridized carbons (Fsp3) is 0.357. The van der Waals surface area contributed by atoms with Crippen molar-refractivity contribution in [1.82, 2.24) is 14.9 Å². The molecule has 6 heteroatoms. The number of aromatic nitrogens is 2. The molecule has 0 aliphatic carbocycles. The van der Waals surface area contributed by atoms with E-state index in [1.165, 1.54) is 12.4 Å². The van der Waals surface area contributed by atoms with E-state index in [1.54, 1.807) is 6.07 Å². The van der Waals surface area contributed by atoms with E-state index in [4.69, 9.17) is 5.41 Å². The molecule has 6 nitrogen and oxygen atoms in total. The standard InChI is InChI=1S/C14H18N4O2/c1-8(18(2)3)4-10(15)9-5-11-13(12(19)6-9)14(20)17-7-16-11/h5-8,15,19H,4H2,1-3H3,(H,16,17,20)/t8-/m1/s1. The lowest BCUT2D eigenvalue weighted by Crippen LogP contribution is -2.27. The van der Waals surface area contributed by atoms with Crippen LogP contribution in [0.4, 0.5) is 0 Å². The van der Waals surface area contributed by atoms with Crippen LogP contribution in [0.1, 0.15) is 18.9 Å². The lowest BCUT2D eigenvalue weighted by molar-refractivity contribution is 0.321. The van der Waals surface area contributed by atoms with Crippen LogP contribution in [0.5, 0.6) is 5.75 Å². The molecule has 0 bridgehead atoms. The first-order valence-electron chi connectivity index (χ1n) is 6.34. The minimum absolute atomic E-state index is 0.144. The summed E-state index contributed by atoms with van der Waals surface area (Å²) in [6.45, 7) is 2.03. The minimum atomic E-state index is -0.382. The van der Waals surface area contributed by atoms with Crippen molar-refractivity contribution in [3.05, 3.63) is 34.4 Å². The van der Waals surface area contributed by atoms with Crippen LogP contribution in [0.15, 0.2) is 23.3 Å². The normalized spacial score (nSPS) is 12.8. The SMILES string of the molecule is C[C@H](CC(=N)c1cc(O)c2c(=O)[nH]cnc2c1)N(C)C. The molecule has 0 spiro atoms. The van der Waals surface area contributed by atoms with Crippen LogP contribution in [-0.2, 0) is 0 Å². The van der Waals surface area contributed by atoms with E-state index in [2.05, 4.69) is 9.97 Å². The van der Waals surface area contributed by atoms with Gasteiger partial charge in [-0.2, -0.15) is 0 Å². The number of rotatable bonds is 4. The number of benzene rings is 1. The van der Waals surface area contributed by atoms with Crippen LogP contribution in [0.25, 0.3) is 10.9 Å². The molecule has 0 radical (unpaired) electrons. The Morgan fingerprint density at radius 3 is 2.85 bits per heavy atom. The molecule has 0 amide bonds. The lowest BCUT2D eigenvalue weighted by Gasteiger charge is -2.20. The monoisotopic (exact) mass is 274 g/mol. The van der Waals surface area contributed by atoms with Crippen molar-refractivity contribution in [3.63, 3.8) is 0 Å². The Hall–Kier alpha value is -2.21. The maximum atomic E-state index is 11.6. The van der Waals surface area contributed by atoms with Gasteiger partial charge < -0.3 is 20.4 Å². The van der Waals surface area contributed by atoms with E-state index in [0.29, 0.717) is 23.2 Å². The van der Waals surface area contributed by atoms with Gasteiger partial charge in [-0.05, 0) is 33.2 Å². The van der Waals surface area contributed by atoms with Crippen LogP contribution in [0, 0.1) is 5.41 Å². The van der Waals surface area contributed by atoms with Crippen LogP contribution >= 0.6 is 0 Å². The molecule has 1 heterocycles. The Labute approximate surface area is 116 Å². The number of phenols is 1. The summed E-state index contributed by atoms with van der Waals surface area (Å²) in [6, 6.07) is 3.33. The lowest BCUT2D eigenvalue weighted by atomic mass is 10.0. The summed E-state index contributed by atoms with van der Waals surface area (Å²) in [5.41, 5.74) is 1.01. The molecule has 20 heavy (non-hydrogen) atoms. The summed E-state index contributed by atoms with van der Waals surface area (Å²) >= 11 is 0. The van der Waals surface area contributed by atoms with Gasteiger partial charge in [0.1, 0.15) is 11.1 Å². The summed E-state index contributed by atoms with van der Waals surface area (Å²) in [5, 5.41) is 18.2. The molecule has 0 saturated heterocycles. The van der Waals surface area contributed by atoms with Crippen molar-refractivity contribution < 1.29 is 5.11 Å². The van der Waals surface area contributed by atoms with Gasteiger partial charge in [0.2, 0.25) is 0 Å². The van der Waals surface area contributed by atoms with Crippen LogP contribution in [-0.4, -0.2) is 45.8 Å². The highest BCUT2D eigenvalue weighted by Crippen LogP contribution is 2.23. The third-order valence-corrected chi connectivity index (χ3v) is 3.45. The van der Waals surface area contributed by atoms with E-state index in [0.717, 1.165) is 0 Å². The number of H-pyrrole nitrogens is 1. The summed E-state index contributed by atoms with van der Waals surface area (Å²) in [6.07, 6.45) is 1.85. The predicted molar refractivity (Wildman–Crippen MR) is 78.6 cm³/mol. The second kappa shape index (κ2) is 5.42. The first-order chi connectivity index (χ1) is 9.40. The first-order valence-corrected chi connectivity index (χ1v) is 6.34. The molecule has 2 aromatic rings. The third kappa shape index (κ3) is 2.70. The zero-order valence-electron chi connectivity index (χ0n) is 11.8. The summed E-state index contributed by atoms with van der Waals surface area (Å²) < 4.78 is 0. The van der Waals surface area contributed by atoms with Crippen molar-refractivity contribution in [3.8, 4) is 5.75 Å². The zero-order valence-corrected chi connectivity index (χ0v) is 11.8. The number of nitrogens with zero attached hydrogens (tertiary/aromatic N) is 2. The van der Waals surface area contributed by atoms with Crippen LogP contribution < -0.4 is 5.56 Å². The third-order valence-electron chi connectivity index (χ3n) is 3.45. The van der Waals surface area contributed by atoms with Gasteiger partial charge in [0.15, 0.2) is 0 Å². The Bertz CT molecular complexity index is 706.